The molecule has 0 saturated carbocycles. The average molecular weight is 372 g/mol. The number of aromatic amines is 1. The van der Waals surface area contributed by atoms with E-state index >= 15 is 0 Å². The third kappa shape index (κ3) is 3.71. The fourth-order valence-electron chi connectivity index (χ4n) is 2.53. The van der Waals surface area contributed by atoms with Gasteiger partial charge in [0.05, 0.1) is 17.5 Å². The van der Waals surface area contributed by atoms with Gasteiger partial charge in [0.1, 0.15) is 12.3 Å². The second-order valence-corrected chi connectivity index (χ2v) is 5.92. The minimum absolute atomic E-state index is 0.0965. The number of aryl methyl sites for hydroxylation is 1. The number of nitrogens with zero attached hydrogens (tertiary/aromatic N) is 3. The van der Waals surface area contributed by atoms with Crippen molar-refractivity contribution in [3.8, 4) is 5.75 Å². The van der Waals surface area contributed by atoms with Gasteiger partial charge in [-0.05, 0) is 18.2 Å². The number of likely N-dealkylation sites (N-methyl/N-ethyl adjacent to an activating group) is 1. The van der Waals surface area contributed by atoms with Crippen LogP contribution in [0.5, 0.6) is 5.75 Å². The van der Waals surface area contributed by atoms with E-state index in [0.29, 0.717) is 0 Å². The van der Waals surface area contributed by atoms with E-state index < -0.39 is 17.1 Å². The molecule has 0 aliphatic carbocycles. The Morgan fingerprint density at radius 3 is 2.81 bits per heavy atom. The van der Waals surface area contributed by atoms with Crippen LogP contribution in [0.3, 0.4) is 0 Å². The standard InChI is InChI=1S/C18H17FN4O4/c1-22(7-8-27-14-6-4-3-5-13(14)19)17(25)11-9-12-15(20-10-11)23(2)18(26)21-16(12)24/h3-6,9-10H,7-8H2,1-2H3,(H,21,24,26). The maximum absolute atomic E-state index is 13.5. The van der Waals surface area contributed by atoms with Crippen molar-refractivity contribution >= 4 is 16.9 Å². The van der Waals surface area contributed by atoms with Crippen molar-refractivity contribution in [3.63, 3.8) is 0 Å². The largest absolute Gasteiger partial charge is 0.489 e. The fourth-order valence-corrected chi connectivity index (χ4v) is 2.53. The fraction of sp³-hybridized carbons (Fsp3) is 0.222. The summed E-state index contributed by atoms with van der Waals surface area (Å²) in [6.07, 6.45) is 1.30. The number of nitrogens with one attached hydrogen (secondary N) is 1. The maximum Gasteiger partial charge on any atom is 0.329 e. The monoisotopic (exact) mass is 372 g/mol. The van der Waals surface area contributed by atoms with E-state index in [1.165, 1.54) is 40.9 Å². The summed E-state index contributed by atoms with van der Waals surface area (Å²) in [5, 5.41) is 0.138. The molecule has 1 aromatic carbocycles. The van der Waals surface area contributed by atoms with Crippen LogP contribution in [-0.2, 0) is 7.05 Å². The van der Waals surface area contributed by atoms with Crippen molar-refractivity contribution in [2.75, 3.05) is 20.2 Å². The summed E-state index contributed by atoms with van der Waals surface area (Å²) in [5.41, 5.74) is -0.812. The lowest BCUT2D eigenvalue weighted by Crippen LogP contribution is -2.32. The predicted molar refractivity (Wildman–Crippen MR) is 96.5 cm³/mol. The van der Waals surface area contributed by atoms with Crippen LogP contribution in [0.4, 0.5) is 4.39 Å². The van der Waals surface area contributed by atoms with Crippen LogP contribution in [0.1, 0.15) is 10.4 Å². The lowest BCUT2D eigenvalue weighted by molar-refractivity contribution is 0.0772. The molecule has 9 heteroatoms. The van der Waals surface area contributed by atoms with Crippen LogP contribution < -0.4 is 16.0 Å². The number of benzene rings is 1. The number of H-pyrrole nitrogens is 1. The highest BCUT2D eigenvalue weighted by Gasteiger charge is 2.15. The van der Waals surface area contributed by atoms with Crippen molar-refractivity contribution in [2.45, 2.75) is 0 Å². The van der Waals surface area contributed by atoms with Gasteiger partial charge in [0.25, 0.3) is 11.5 Å². The topological polar surface area (TPSA) is 97.3 Å². The number of aromatic nitrogens is 3. The molecule has 3 rings (SSSR count). The van der Waals surface area contributed by atoms with Crippen LogP contribution in [0.15, 0.2) is 46.1 Å². The third-order valence-electron chi connectivity index (χ3n) is 4.07. The normalized spacial score (nSPS) is 10.8. The summed E-state index contributed by atoms with van der Waals surface area (Å²) in [4.78, 5) is 43.7. The number of halogens is 1. The number of carbonyl (C=O) groups is 1. The smallest absolute Gasteiger partial charge is 0.329 e. The Hall–Kier alpha value is -3.49. The summed E-state index contributed by atoms with van der Waals surface area (Å²) in [5.74, 6) is -0.747. The van der Waals surface area contributed by atoms with Gasteiger partial charge < -0.3 is 9.64 Å². The van der Waals surface area contributed by atoms with Crippen molar-refractivity contribution in [1.29, 1.82) is 0 Å². The Balaban J connectivity index is 1.74. The lowest BCUT2D eigenvalue weighted by atomic mass is 10.2. The number of hydrogen-bond acceptors (Lipinski definition) is 5. The van der Waals surface area contributed by atoms with E-state index in [9.17, 15) is 18.8 Å². The second kappa shape index (κ2) is 7.40. The molecule has 27 heavy (non-hydrogen) atoms. The molecule has 0 fully saturated rings. The highest BCUT2D eigenvalue weighted by atomic mass is 19.1. The van der Waals surface area contributed by atoms with E-state index in [1.807, 2.05) is 0 Å². The molecule has 3 aromatic rings. The first-order valence-corrected chi connectivity index (χ1v) is 8.10. The zero-order chi connectivity index (χ0) is 19.6. The second-order valence-electron chi connectivity index (χ2n) is 5.92. The SMILES string of the molecule is CN(CCOc1ccccc1F)C(=O)c1cnc2c(c1)c(=O)[nH]c(=O)n2C. The number of ether oxygens (including phenoxy) is 1. The molecule has 2 aromatic heterocycles. The molecule has 0 atom stereocenters. The number of hydrogen-bond donors (Lipinski definition) is 1. The molecule has 140 valence electrons. The van der Waals surface area contributed by atoms with Gasteiger partial charge in [-0.1, -0.05) is 12.1 Å². The van der Waals surface area contributed by atoms with Crippen LogP contribution in [0, 0.1) is 5.82 Å². The zero-order valence-electron chi connectivity index (χ0n) is 14.7. The Labute approximate surface area is 152 Å². The van der Waals surface area contributed by atoms with Crippen molar-refractivity contribution in [3.05, 3.63) is 68.7 Å². The third-order valence-corrected chi connectivity index (χ3v) is 4.07. The molecule has 0 bridgehead atoms. The molecule has 2 heterocycles. The van der Waals surface area contributed by atoms with E-state index in [0.717, 1.165) is 0 Å². The number of amides is 1. The summed E-state index contributed by atoms with van der Waals surface area (Å²) in [6, 6.07) is 7.38. The van der Waals surface area contributed by atoms with Crippen LogP contribution in [0.25, 0.3) is 11.0 Å². The minimum atomic E-state index is -0.610. The molecule has 8 nitrogen and oxygen atoms in total. The molecular formula is C18H17FN4O4. The summed E-state index contributed by atoms with van der Waals surface area (Å²) >= 11 is 0. The Morgan fingerprint density at radius 1 is 1.33 bits per heavy atom. The summed E-state index contributed by atoms with van der Waals surface area (Å²) in [6.45, 7) is 0.300. The van der Waals surface area contributed by atoms with Crippen LogP contribution in [0.2, 0.25) is 0 Å². The molecule has 0 unspecified atom stereocenters. The predicted octanol–water partition coefficient (Wildman–Crippen LogP) is 0.912. The quantitative estimate of drug-likeness (QED) is 0.718. The van der Waals surface area contributed by atoms with Gasteiger partial charge >= 0.3 is 5.69 Å². The van der Waals surface area contributed by atoms with Gasteiger partial charge in [0, 0.05) is 20.3 Å². The van der Waals surface area contributed by atoms with E-state index in [4.69, 9.17) is 4.74 Å². The average Bonchev–Trinajstić information content (AvgIpc) is 2.66. The highest BCUT2D eigenvalue weighted by Crippen LogP contribution is 2.15. The summed E-state index contributed by atoms with van der Waals surface area (Å²) in [7, 11) is 3.03. The number of pyridine rings is 1. The minimum Gasteiger partial charge on any atom is -0.489 e. The molecule has 0 aliphatic rings. The van der Waals surface area contributed by atoms with Crippen LogP contribution >= 0.6 is 0 Å². The number of para-hydroxylation sites is 1. The van der Waals surface area contributed by atoms with Gasteiger partial charge in [-0.3, -0.25) is 19.1 Å². The highest BCUT2D eigenvalue weighted by molar-refractivity contribution is 5.96. The van der Waals surface area contributed by atoms with Crippen molar-refractivity contribution in [1.82, 2.24) is 19.4 Å². The number of fused-ring (bicyclic) bond motifs is 1. The maximum atomic E-state index is 13.5. The van der Waals surface area contributed by atoms with Crippen molar-refractivity contribution < 1.29 is 13.9 Å². The van der Waals surface area contributed by atoms with E-state index in [-0.39, 0.29) is 41.4 Å². The Morgan fingerprint density at radius 2 is 2.07 bits per heavy atom. The molecule has 0 aliphatic heterocycles. The van der Waals surface area contributed by atoms with E-state index in [2.05, 4.69) is 9.97 Å². The Kier molecular flexibility index (Phi) is 5.02. The molecule has 0 saturated heterocycles. The Bertz CT molecular complexity index is 1120. The van der Waals surface area contributed by atoms with Gasteiger partial charge in [-0.15, -0.1) is 0 Å². The first-order valence-electron chi connectivity index (χ1n) is 8.10. The summed E-state index contributed by atoms with van der Waals surface area (Å²) < 4.78 is 20.0. The van der Waals surface area contributed by atoms with Gasteiger partial charge in [0.2, 0.25) is 0 Å². The molecule has 0 spiro atoms. The molecule has 1 amide bonds. The number of carbonyl (C=O) groups excluding carboxylic acids is 1. The van der Waals surface area contributed by atoms with Gasteiger partial charge in [0.15, 0.2) is 11.6 Å². The molecule has 1 N–H and O–H groups in total. The molecule has 0 radical (unpaired) electrons. The first-order chi connectivity index (χ1) is 12.9. The van der Waals surface area contributed by atoms with Crippen molar-refractivity contribution in [2.24, 2.45) is 7.05 Å². The first kappa shape index (κ1) is 18.3. The van der Waals surface area contributed by atoms with Crippen LogP contribution in [-0.4, -0.2) is 45.5 Å². The van der Waals surface area contributed by atoms with Gasteiger partial charge in [-0.2, -0.15) is 0 Å². The zero-order valence-corrected chi connectivity index (χ0v) is 14.7. The molecular weight excluding hydrogens is 355 g/mol. The number of rotatable bonds is 5. The van der Waals surface area contributed by atoms with E-state index in [1.54, 1.807) is 19.2 Å². The lowest BCUT2D eigenvalue weighted by Gasteiger charge is -2.17. The van der Waals surface area contributed by atoms with Gasteiger partial charge in [-0.25, -0.2) is 14.2 Å².